The number of aliphatic hydroxyl groups excluding tert-OH is 1. The van der Waals surface area contributed by atoms with Crippen molar-refractivity contribution in [1.29, 1.82) is 0 Å². The molecule has 0 fully saturated rings. The van der Waals surface area contributed by atoms with Crippen LogP contribution >= 0.6 is 8.25 Å². The first-order valence-electron chi connectivity index (χ1n) is 5.39. The lowest BCUT2D eigenvalue weighted by molar-refractivity contribution is 0.250. The van der Waals surface area contributed by atoms with Crippen molar-refractivity contribution in [3.8, 4) is 0 Å². The summed E-state index contributed by atoms with van der Waals surface area (Å²) >= 11 is 0. The van der Waals surface area contributed by atoms with Crippen molar-refractivity contribution >= 4 is 19.7 Å². The van der Waals surface area contributed by atoms with Crippen LogP contribution in [-0.4, -0.2) is 30.4 Å². The third kappa shape index (κ3) is 2.79. The van der Waals surface area contributed by atoms with Crippen molar-refractivity contribution < 1.29 is 18.7 Å². The van der Waals surface area contributed by atoms with Gasteiger partial charge in [-0.25, -0.2) is 4.52 Å². The van der Waals surface area contributed by atoms with Gasteiger partial charge in [0.25, 0.3) is 0 Å². The number of aliphatic hydroxyl groups is 1. The topological polar surface area (TPSA) is 71.0 Å². The van der Waals surface area contributed by atoms with Gasteiger partial charge in [0.2, 0.25) is 5.76 Å². The molecule has 0 saturated carbocycles. The summed E-state index contributed by atoms with van der Waals surface area (Å²) in [6, 6.07) is 7.46. The van der Waals surface area contributed by atoms with Gasteiger partial charge in [0.05, 0.1) is 32.1 Å². The predicted octanol–water partition coefficient (Wildman–Crippen LogP) is 1.94. The second kappa shape index (κ2) is 5.82. The van der Waals surface area contributed by atoms with E-state index in [0.29, 0.717) is 12.3 Å². The van der Waals surface area contributed by atoms with Crippen LogP contribution in [0, 0.1) is 0 Å². The zero-order valence-corrected chi connectivity index (χ0v) is 10.8. The number of benzene rings is 1. The summed E-state index contributed by atoms with van der Waals surface area (Å²) in [5.74, 6) is 0.445. The Kier molecular flexibility index (Phi) is 4.15. The van der Waals surface area contributed by atoms with Gasteiger partial charge in [-0.2, -0.15) is 0 Å². The molecule has 2 rings (SSSR count). The summed E-state index contributed by atoms with van der Waals surface area (Å²) in [7, 11) is -0.872. The fourth-order valence-electron chi connectivity index (χ4n) is 1.61. The van der Waals surface area contributed by atoms with E-state index < -0.39 is 8.25 Å². The average Bonchev–Trinajstić information content (AvgIpc) is 2.39. The molecule has 0 saturated heterocycles. The molecular weight excluding hydrogens is 255 g/mol. The van der Waals surface area contributed by atoms with Crippen LogP contribution in [0.15, 0.2) is 30.5 Å². The minimum absolute atomic E-state index is 0.00460. The monoisotopic (exact) mass is 269 g/mol. The van der Waals surface area contributed by atoms with Crippen LogP contribution in [0.3, 0.4) is 0 Å². The molecule has 7 heteroatoms. The van der Waals surface area contributed by atoms with Gasteiger partial charge in [0.1, 0.15) is 0 Å². The Bertz CT molecular complexity index is 478. The molecule has 2 N–H and O–H groups in total. The number of β-amino-alcohol motifs (C(OH)–C–C–N with tert-alkyl or cyclic N) is 1. The molecule has 1 aromatic carbocycles. The number of hydrogen-bond donors (Lipinski definition) is 2. The van der Waals surface area contributed by atoms with E-state index in [0.717, 1.165) is 11.3 Å². The highest BCUT2D eigenvalue weighted by atomic mass is 31.1. The molecule has 1 unspecified atom stereocenters. The zero-order chi connectivity index (χ0) is 13.0. The number of nitrogens with zero attached hydrogens (tertiary/aromatic N) is 1. The number of para-hydroxylation sites is 1. The van der Waals surface area contributed by atoms with Crippen molar-refractivity contribution in [2.45, 2.75) is 0 Å². The second-order valence-corrected chi connectivity index (χ2v) is 4.56. The third-order valence-electron chi connectivity index (χ3n) is 2.39. The van der Waals surface area contributed by atoms with Gasteiger partial charge < -0.3 is 5.11 Å². The Balaban J connectivity index is 2.28. The van der Waals surface area contributed by atoms with E-state index in [1.807, 2.05) is 24.3 Å². The Morgan fingerprint density at radius 1 is 1.44 bits per heavy atom. The highest BCUT2D eigenvalue weighted by Crippen LogP contribution is 2.36. The first-order valence-corrected chi connectivity index (χ1v) is 6.49. The molecule has 96 valence electrons. The molecule has 0 aliphatic carbocycles. The molecule has 0 bridgehead atoms. The molecule has 0 radical (unpaired) electrons. The molecule has 0 aromatic heterocycles. The first-order chi connectivity index (χ1) is 8.74. The number of rotatable bonds is 5. The van der Waals surface area contributed by atoms with Gasteiger partial charge in [0, 0.05) is 10.1 Å². The summed E-state index contributed by atoms with van der Waals surface area (Å²) in [6.45, 7) is 0.389. The molecule has 1 aliphatic heterocycles. The maximum atomic E-state index is 11.3. The Labute approximate surface area is 106 Å². The van der Waals surface area contributed by atoms with Crippen LogP contribution < -0.4 is 5.43 Å². The lowest BCUT2D eigenvalue weighted by Gasteiger charge is -2.27. The van der Waals surface area contributed by atoms with Crippen LogP contribution in [0.1, 0.15) is 5.56 Å². The van der Waals surface area contributed by atoms with Crippen LogP contribution in [-0.2, 0) is 13.6 Å². The normalized spacial score (nSPS) is 14.4. The summed E-state index contributed by atoms with van der Waals surface area (Å²) in [5.41, 5.74) is 4.72. The quantitative estimate of drug-likeness (QED) is 0.796. The number of hydrazine groups is 1. The second-order valence-electron chi connectivity index (χ2n) is 3.57. The van der Waals surface area contributed by atoms with Gasteiger partial charge in [-0.1, -0.05) is 12.1 Å². The van der Waals surface area contributed by atoms with Crippen molar-refractivity contribution in [3.63, 3.8) is 0 Å². The first kappa shape index (κ1) is 12.8. The number of fused-ring (bicyclic) bond motifs is 1. The summed E-state index contributed by atoms with van der Waals surface area (Å²) in [5, 5.41) is 10.6. The lowest BCUT2D eigenvalue weighted by Crippen LogP contribution is -2.30. The van der Waals surface area contributed by atoms with Gasteiger partial charge in [-0.15, -0.1) is 4.52 Å². The van der Waals surface area contributed by atoms with Crippen molar-refractivity contribution in [1.82, 2.24) is 5.01 Å². The molecule has 0 spiro atoms. The summed E-state index contributed by atoms with van der Waals surface area (Å²) in [4.78, 5) is 0. The Morgan fingerprint density at radius 2 is 2.22 bits per heavy atom. The average molecular weight is 269 g/mol. The fourth-order valence-corrected chi connectivity index (χ4v) is 1.99. The van der Waals surface area contributed by atoms with E-state index in [1.165, 1.54) is 7.11 Å². The Morgan fingerprint density at radius 3 is 2.94 bits per heavy atom. The number of anilines is 1. The molecule has 1 aromatic rings. The smallest absolute Gasteiger partial charge is 0.394 e. The Hall–Kier alpha value is -1.62. The van der Waals surface area contributed by atoms with Crippen LogP contribution in [0.5, 0.6) is 0 Å². The molecule has 1 heterocycles. The van der Waals surface area contributed by atoms with Gasteiger partial charge >= 0.3 is 8.25 Å². The fraction of sp³-hybridized carbons (Fsp3) is 0.273. The van der Waals surface area contributed by atoms with Gasteiger partial charge in [0.15, 0.2) is 0 Å². The minimum Gasteiger partial charge on any atom is -0.394 e. The predicted molar refractivity (Wildman–Crippen MR) is 67.5 cm³/mol. The number of hydrogen-bond acceptors (Lipinski definition) is 6. The number of nitrogens with one attached hydrogen (secondary N) is 1. The maximum Gasteiger partial charge on any atom is 0.749 e. The van der Waals surface area contributed by atoms with E-state index in [4.69, 9.17) is 9.63 Å². The van der Waals surface area contributed by atoms with Crippen LogP contribution in [0.2, 0.25) is 0 Å². The lowest BCUT2D eigenvalue weighted by atomic mass is 10.1. The molecule has 0 amide bonds. The molecule has 18 heavy (non-hydrogen) atoms. The van der Waals surface area contributed by atoms with Crippen molar-refractivity contribution in [2.24, 2.45) is 0 Å². The maximum absolute atomic E-state index is 11.3. The molecule has 6 nitrogen and oxygen atoms in total. The highest BCUT2D eigenvalue weighted by molar-refractivity contribution is 7.33. The van der Waals surface area contributed by atoms with E-state index in [-0.39, 0.29) is 6.61 Å². The SMILES string of the molecule is CO[P+](=O)OC1=CN(CCO)Nc2ccccc21. The highest BCUT2D eigenvalue weighted by Gasteiger charge is 2.27. The molecule has 1 aliphatic rings. The standard InChI is InChI=1S/C11H14N2O4P/c1-16-18(15)17-11-8-13(6-7-14)12-10-5-3-2-4-9(10)11/h2-5,8,12,14H,6-7H2,1H3/q+1. The molecule has 1 atom stereocenters. The van der Waals surface area contributed by atoms with Crippen molar-refractivity contribution in [3.05, 3.63) is 36.0 Å². The van der Waals surface area contributed by atoms with Gasteiger partial charge in [-0.3, -0.25) is 10.4 Å². The zero-order valence-electron chi connectivity index (χ0n) is 9.87. The third-order valence-corrected chi connectivity index (χ3v) is 3.04. The van der Waals surface area contributed by atoms with Gasteiger partial charge in [-0.05, 0) is 12.1 Å². The van der Waals surface area contributed by atoms with Crippen molar-refractivity contribution in [2.75, 3.05) is 25.7 Å². The van der Waals surface area contributed by atoms with E-state index in [2.05, 4.69) is 9.95 Å². The van der Waals surface area contributed by atoms with E-state index in [1.54, 1.807) is 11.2 Å². The summed E-state index contributed by atoms with van der Waals surface area (Å²) in [6.07, 6.45) is 1.64. The molecular formula is C11H14N2O4P+. The van der Waals surface area contributed by atoms with Crippen LogP contribution in [0.25, 0.3) is 5.76 Å². The largest absolute Gasteiger partial charge is 0.749 e. The van der Waals surface area contributed by atoms with E-state index in [9.17, 15) is 4.57 Å². The summed E-state index contributed by atoms with van der Waals surface area (Å²) < 4.78 is 21.2. The van der Waals surface area contributed by atoms with Crippen LogP contribution in [0.4, 0.5) is 5.69 Å². The van der Waals surface area contributed by atoms with E-state index >= 15 is 0 Å². The minimum atomic E-state index is -2.19.